The summed E-state index contributed by atoms with van der Waals surface area (Å²) in [5.41, 5.74) is 5.04. The highest BCUT2D eigenvalue weighted by molar-refractivity contribution is 5.83. The van der Waals surface area contributed by atoms with Gasteiger partial charge in [-0.25, -0.2) is 14.8 Å². The van der Waals surface area contributed by atoms with Crippen LogP contribution in [0.4, 0.5) is 4.39 Å². The molecule has 1 heterocycles. The van der Waals surface area contributed by atoms with Gasteiger partial charge in [-0.15, -0.1) is 0 Å². The molecule has 3 rings (SSSR count). The molecule has 120 valence electrons. The fourth-order valence-corrected chi connectivity index (χ4v) is 2.15. The Balaban J connectivity index is 1.54. The van der Waals surface area contributed by atoms with Gasteiger partial charge in [0.25, 0.3) is 0 Å². The van der Waals surface area contributed by atoms with E-state index in [0.717, 1.165) is 16.8 Å². The van der Waals surface area contributed by atoms with Crippen LogP contribution in [0.3, 0.4) is 0 Å². The van der Waals surface area contributed by atoms with Gasteiger partial charge in [0.2, 0.25) is 5.91 Å². The predicted molar refractivity (Wildman–Crippen MR) is 89.4 cm³/mol. The lowest BCUT2D eigenvalue weighted by Gasteiger charge is -2.02. The quantitative estimate of drug-likeness (QED) is 0.580. The molecule has 0 spiro atoms. The maximum Gasteiger partial charge on any atom is 0.244 e. The van der Waals surface area contributed by atoms with E-state index < -0.39 is 0 Å². The SMILES string of the molecule is O=C(Cc1ccc(F)cc1)N/N=C/c1ccc(-n2ccnc2)cc1. The van der Waals surface area contributed by atoms with Crippen LogP contribution >= 0.6 is 0 Å². The summed E-state index contributed by atoms with van der Waals surface area (Å²) in [6, 6.07) is 13.5. The van der Waals surface area contributed by atoms with E-state index >= 15 is 0 Å². The molecule has 0 fully saturated rings. The first-order chi connectivity index (χ1) is 11.7. The van der Waals surface area contributed by atoms with Crippen LogP contribution in [-0.2, 0) is 11.2 Å². The number of hydrogen-bond acceptors (Lipinski definition) is 3. The molecule has 0 atom stereocenters. The van der Waals surface area contributed by atoms with Gasteiger partial charge in [0.1, 0.15) is 5.82 Å². The van der Waals surface area contributed by atoms with Crippen molar-refractivity contribution in [3.63, 3.8) is 0 Å². The molecule has 6 heteroatoms. The molecular weight excluding hydrogens is 307 g/mol. The highest BCUT2D eigenvalue weighted by Gasteiger charge is 2.02. The van der Waals surface area contributed by atoms with E-state index in [0.29, 0.717) is 0 Å². The zero-order chi connectivity index (χ0) is 16.8. The van der Waals surface area contributed by atoms with Gasteiger partial charge in [-0.1, -0.05) is 24.3 Å². The summed E-state index contributed by atoms with van der Waals surface area (Å²) in [6.07, 6.45) is 7.01. The first-order valence-electron chi connectivity index (χ1n) is 7.35. The largest absolute Gasteiger partial charge is 0.306 e. The molecule has 0 saturated carbocycles. The number of amides is 1. The third kappa shape index (κ3) is 4.13. The van der Waals surface area contributed by atoms with Crippen molar-refractivity contribution >= 4 is 12.1 Å². The normalized spacial score (nSPS) is 10.9. The lowest BCUT2D eigenvalue weighted by molar-refractivity contribution is -0.120. The first-order valence-corrected chi connectivity index (χ1v) is 7.35. The molecule has 3 aromatic rings. The van der Waals surface area contributed by atoms with E-state index in [2.05, 4.69) is 15.5 Å². The van der Waals surface area contributed by atoms with Crippen molar-refractivity contribution < 1.29 is 9.18 Å². The maximum absolute atomic E-state index is 12.8. The second kappa shape index (κ2) is 7.32. The Hall–Kier alpha value is -3.28. The molecule has 0 saturated heterocycles. The van der Waals surface area contributed by atoms with E-state index in [4.69, 9.17) is 0 Å². The van der Waals surface area contributed by atoms with Crippen LogP contribution in [0.15, 0.2) is 72.4 Å². The van der Waals surface area contributed by atoms with Crippen molar-refractivity contribution in [1.82, 2.24) is 15.0 Å². The highest BCUT2D eigenvalue weighted by Crippen LogP contribution is 2.08. The molecule has 0 radical (unpaired) electrons. The molecule has 1 N–H and O–H groups in total. The molecular formula is C18H15FN4O. The number of hydrazone groups is 1. The number of benzene rings is 2. The van der Waals surface area contributed by atoms with Gasteiger partial charge < -0.3 is 4.57 Å². The van der Waals surface area contributed by atoms with Crippen LogP contribution in [-0.4, -0.2) is 21.7 Å². The zero-order valence-electron chi connectivity index (χ0n) is 12.8. The summed E-state index contributed by atoms with van der Waals surface area (Å²) < 4.78 is 14.7. The number of imidazole rings is 1. The molecule has 0 unspecified atom stereocenters. The molecule has 1 amide bonds. The van der Waals surface area contributed by atoms with Gasteiger partial charge in [-0.3, -0.25) is 4.79 Å². The number of nitrogens with zero attached hydrogens (tertiary/aromatic N) is 3. The van der Waals surface area contributed by atoms with Gasteiger partial charge >= 0.3 is 0 Å². The van der Waals surface area contributed by atoms with Crippen LogP contribution in [0.25, 0.3) is 5.69 Å². The molecule has 0 aliphatic carbocycles. The van der Waals surface area contributed by atoms with Gasteiger partial charge in [-0.05, 0) is 35.4 Å². The van der Waals surface area contributed by atoms with Crippen molar-refractivity contribution in [3.05, 3.63) is 84.2 Å². The van der Waals surface area contributed by atoms with Crippen molar-refractivity contribution in [2.75, 3.05) is 0 Å². The third-order valence-electron chi connectivity index (χ3n) is 3.38. The summed E-state index contributed by atoms with van der Waals surface area (Å²) >= 11 is 0. The Labute approximate surface area is 138 Å². The van der Waals surface area contributed by atoms with Gasteiger partial charge in [0.05, 0.1) is 19.0 Å². The zero-order valence-corrected chi connectivity index (χ0v) is 12.8. The number of carbonyl (C=O) groups is 1. The number of carbonyl (C=O) groups excluding carboxylic acids is 1. The Morgan fingerprint density at radius 3 is 2.58 bits per heavy atom. The highest BCUT2D eigenvalue weighted by atomic mass is 19.1. The van der Waals surface area contributed by atoms with E-state index in [-0.39, 0.29) is 18.1 Å². The Bertz CT molecular complexity index is 824. The minimum Gasteiger partial charge on any atom is -0.306 e. The Morgan fingerprint density at radius 1 is 1.17 bits per heavy atom. The van der Waals surface area contributed by atoms with Crippen molar-refractivity contribution in [1.29, 1.82) is 0 Å². The lowest BCUT2D eigenvalue weighted by atomic mass is 10.1. The molecule has 0 aliphatic heterocycles. The molecule has 0 aliphatic rings. The summed E-state index contributed by atoms with van der Waals surface area (Å²) in [4.78, 5) is 15.8. The Kier molecular flexibility index (Phi) is 4.76. The lowest BCUT2D eigenvalue weighted by Crippen LogP contribution is -2.19. The van der Waals surface area contributed by atoms with Gasteiger partial charge in [-0.2, -0.15) is 5.10 Å². The van der Waals surface area contributed by atoms with Crippen LogP contribution in [0, 0.1) is 5.82 Å². The van der Waals surface area contributed by atoms with E-state index in [1.165, 1.54) is 12.1 Å². The summed E-state index contributed by atoms with van der Waals surface area (Å²) in [7, 11) is 0. The van der Waals surface area contributed by atoms with Crippen LogP contribution in [0.1, 0.15) is 11.1 Å². The summed E-state index contributed by atoms with van der Waals surface area (Å²) in [5.74, 6) is -0.579. The minimum absolute atomic E-state index is 0.150. The Morgan fingerprint density at radius 2 is 1.92 bits per heavy atom. The van der Waals surface area contributed by atoms with E-state index in [1.807, 2.05) is 35.0 Å². The standard InChI is InChI=1S/C18H15FN4O/c19-16-5-1-14(2-6-16)11-18(24)22-21-12-15-3-7-17(8-4-15)23-10-9-20-13-23/h1-10,12-13H,11H2,(H,22,24)/b21-12+. The van der Waals surface area contributed by atoms with Crippen LogP contribution < -0.4 is 5.43 Å². The number of rotatable bonds is 5. The van der Waals surface area contributed by atoms with Crippen molar-refractivity contribution in [2.45, 2.75) is 6.42 Å². The average molecular weight is 322 g/mol. The fourth-order valence-electron chi connectivity index (χ4n) is 2.15. The minimum atomic E-state index is -0.323. The smallest absolute Gasteiger partial charge is 0.244 e. The second-order valence-corrected chi connectivity index (χ2v) is 5.16. The van der Waals surface area contributed by atoms with Gasteiger partial charge in [0, 0.05) is 18.1 Å². The van der Waals surface area contributed by atoms with E-state index in [9.17, 15) is 9.18 Å². The predicted octanol–water partition coefficient (Wildman–Crippen LogP) is 2.70. The average Bonchev–Trinajstić information content (AvgIpc) is 3.12. The topological polar surface area (TPSA) is 59.3 Å². The summed E-state index contributed by atoms with van der Waals surface area (Å²) in [5, 5.41) is 3.93. The first kappa shape index (κ1) is 15.6. The number of hydrogen-bond donors (Lipinski definition) is 1. The van der Waals surface area contributed by atoms with Crippen LogP contribution in [0.5, 0.6) is 0 Å². The summed E-state index contributed by atoms with van der Waals surface area (Å²) in [6.45, 7) is 0. The fraction of sp³-hybridized carbons (Fsp3) is 0.0556. The van der Waals surface area contributed by atoms with E-state index in [1.54, 1.807) is 30.9 Å². The molecule has 2 aromatic carbocycles. The van der Waals surface area contributed by atoms with Crippen LogP contribution in [0.2, 0.25) is 0 Å². The molecule has 24 heavy (non-hydrogen) atoms. The van der Waals surface area contributed by atoms with Crippen molar-refractivity contribution in [2.24, 2.45) is 5.10 Å². The number of nitrogens with one attached hydrogen (secondary N) is 1. The maximum atomic E-state index is 12.8. The third-order valence-corrected chi connectivity index (χ3v) is 3.38. The molecule has 0 bridgehead atoms. The molecule has 5 nitrogen and oxygen atoms in total. The van der Waals surface area contributed by atoms with Gasteiger partial charge in [0.15, 0.2) is 0 Å². The van der Waals surface area contributed by atoms with Crippen molar-refractivity contribution in [3.8, 4) is 5.69 Å². The molecule has 1 aromatic heterocycles. The number of halogens is 1. The monoisotopic (exact) mass is 322 g/mol. The number of aromatic nitrogens is 2. The second-order valence-electron chi connectivity index (χ2n) is 5.16.